The molecule has 2 aliphatic heterocycles. The molecule has 4 nitrogen and oxygen atoms in total. The van der Waals surface area contributed by atoms with Crippen LogP contribution in [0.15, 0.2) is 0 Å². The minimum atomic E-state index is -2.97. The molecule has 0 bridgehead atoms. The van der Waals surface area contributed by atoms with Crippen molar-refractivity contribution in [1.82, 2.24) is 9.21 Å². The second kappa shape index (κ2) is 4.52. The van der Waals surface area contributed by atoms with Crippen LogP contribution >= 0.6 is 0 Å². The normalized spacial score (nSPS) is 34.1. The molecule has 1 aliphatic carbocycles. The number of fused-ring (bicyclic) bond motifs is 1. The van der Waals surface area contributed by atoms with E-state index in [9.17, 15) is 8.42 Å². The molecule has 0 aromatic carbocycles. The number of hydrogen-bond acceptors (Lipinski definition) is 3. The summed E-state index contributed by atoms with van der Waals surface area (Å²) in [4.78, 5) is 2.38. The lowest BCUT2D eigenvalue weighted by Crippen LogP contribution is -2.33. The first-order valence-electron chi connectivity index (χ1n) is 6.70. The zero-order chi connectivity index (χ0) is 11.9. The van der Waals surface area contributed by atoms with Gasteiger partial charge in [-0.3, -0.25) is 0 Å². The third-order valence-corrected chi connectivity index (χ3v) is 6.09. The largest absolute Gasteiger partial charge is 0.303 e. The highest BCUT2D eigenvalue weighted by Gasteiger charge is 2.48. The number of piperidine rings is 1. The summed E-state index contributed by atoms with van der Waals surface area (Å²) in [5.74, 6) is 1.48. The minimum absolute atomic E-state index is 0.336. The van der Waals surface area contributed by atoms with Gasteiger partial charge in [-0.15, -0.1) is 0 Å². The van der Waals surface area contributed by atoms with Crippen molar-refractivity contribution >= 4 is 10.0 Å². The highest BCUT2D eigenvalue weighted by molar-refractivity contribution is 7.89. The molecule has 0 spiro atoms. The maximum absolute atomic E-state index is 12.1. The number of rotatable bonds is 5. The van der Waals surface area contributed by atoms with Crippen LogP contribution in [0.5, 0.6) is 0 Å². The predicted octanol–water partition coefficient (Wildman–Crippen LogP) is 0.568. The summed E-state index contributed by atoms with van der Waals surface area (Å²) in [6, 6.07) is 0. The van der Waals surface area contributed by atoms with Crippen LogP contribution in [0.1, 0.15) is 19.3 Å². The lowest BCUT2D eigenvalue weighted by atomic mass is 10.4. The molecule has 3 rings (SSSR count). The molecule has 0 N–H and O–H groups in total. The number of hydrogen-bond donors (Lipinski definition) is 0. The van der Waals surface area contributed by atoms with Crippen molar-refractivity contribution in [3.05, 3.63) is 6.42 Å². The summed E-state index contributed by atoms with van der Waals surface area (Å²) in [6.45, 7) is 4.76. The third-order valence-electron chi connectivity index (χ3n) is 4.20. The van der Waals surface area contributed by atoms with E-state index >= 15 is 0 Å². The van der Waals surface area contributed by atoms with Crippen molar-refractivity contribution in [2.75, 3.05) is 38.5 Å². The van der Waals surface area contributed by atoms with Gasteiger partial charge in [-0.25, -0.2) is 12.7 Å². The van der Waals surface area contributed by atoms with E-state index < -0.39 is 10.0 Å². The van der Waals surface area contributed by atoms with E-state index in [1.807, 2.05) is 0 Å². The van der Waals surface area contributed by atoms with E-state index in [0.29, 0.717) is 17.6 Å². The van der Waals surface area contributed by atoms with Gasteiger partial charge in [0.2, 0.25) is 10.0 Å². The van der Waals surface area contributed by atoms with Crippen molar-refractivity contribution in [2.45, 2.75) is 19.3 Å². The van der Waals surface area contributed by atoms with Crippen LogP contribution in [0, 0.1) is 18.3 Å². The maximum Gasteiger partial charge on any atom is 0.214 e. The van der Waals surface area contributed by atoms with Crippen LogP contribution in [0.25, 0.3) is 0 Å². The van der Waals surface area contributed by atoms with Gasteiger partial charge in [0.15, 0.2) is 0 Å². The quantitative estimate of drug-likeness (QED) is 0.723. The van der Waals surface area contributed by atoms with Gasteiger partial charge in [-0.1, -0.05) is 0 Å². The Labute approximate surface area is 104 Å². The van der Waals surface area contributed by atoms with Gasteiger partial charge in [0.1, 0.15) is 0 Å². The molecule has 2 atom stereocenters. The molecule has 0 unspecified atom stereocenters. The Hall–Kier alpha value is -0.130. The Balaban J connectivity index is 1.43. The number of likely N-dealkylation sites (tertiary alicyclic amines) is 1. The molecular weight excluding hydrogens is 236 g/mol. The summed E-state index contributed by atoms with van der Waals surface area (Å²) in [5.41, 5.74) is 0. The molecule has 3 aliphatic rings. The van der Waals surface area contributed by atoms with Crippen LogP contribution in [-0.4, -0.2) is 56.1 Å². The fourth-order valence-electron chi connectivity index (χ4n) is 3.02. The topological polar surface area (TPSA) is 40.6 Å². The van der Waals surface area contributed by atoms with E-state index in [4.69, 9.17) is 0 Å². The molecule has 5 heteroatoms. The fourth-order valence-corrected chi connectivity index (χ4v) is 4.57. The molecule has 97 valence electrons. The summed E-state index contributed by atoms with van der Waals surface area (Å²) >= 11 is 0. The average Bonchev–Trinajstić information content (AvgIpc) is 2.73. The minimum Gasteiger partial charge on any atom is -0.303 e. The SMILES string of the molecule is O=S(=O)(CCCN1CCCC1)N1C[C@H]2[CH][C@H]2C1. The van der Waals surface area contributed by atoms with Gasteiger partial charge in [0, 0.05) is 13.1 Å². The van der Waals surface area contributed by atoms with Crippen molar-refractivity contribution in [3.8, 4) is 0 Å². The number of nitrogens with zero attached hydrogens (tertiary/aromatic N) is 2. The Kier molecular flexibility index (Phi) is 3.17. The highest BCUT2D eigenvalue weighted by Crippen LogP contribution is 2.44. The Morgan fingerprint density at radius 2 is 1.76 bits per heavy atom. The Morgan fingerprint density at radius 1 is 1.12 bits per heavy atom. The first-order valence-corrected chi connectivity index (χ1v) is 8.31. The number of sulfonamides is 1. The smallest absolute Gasteiger partial charge is 0.214 e. The van der Waals surface area contributed by atoms with Gasteiger partial charge >= 0.3 is 0 Å². The molecule has 0 amide bonds. The molecule has 1 radical (unpaired) electrons. The Bertz CT molecular complexity index is 366. The average molecular weight is 257 g/mol. The summed E-state index contributed by atoms with van der Waals surface area (Å²) in [7, 11) is -2.97. The van der Waals surface area contributed by atoms with Crippen molar-refractivity contribution < 1.29 is 8.42 Å². The van der Waals surface area contributed by atoms with Crippen LogP contribution < -0.4 is 0 Å². The summed E-state index contributed by atoms with van der Waals surface area (Å²) in [5, 5.41) is 0. The monoisotopic (exact) mass is 257 g/mol. The van der Waals surface area contributed by atoms with E-state index in [-0.39, 0.29) is 0 Å². The van der Waals surface area contributed by atoms with Crippen molar-refractivity contribution in [2.24, 2.45) is 11.8 Å². The zero-order valence-electron chi connectivity index (χ0n) is 10.2. The maximum atomic E-state index is 12.1. The van der Waals surface area contributed by atoms with Crippen LogP contribution in [0.2, 0.25) is 0 Å². The lowest BCUT2D eigenvalue weighted by Gasteiger charge is -2.19. The molecule has 0 aromatic rings. The summed E-state index contributed by atoms with van der Waals surface area (Å²) in [6.07, 6.45) is 5.60. The Morgan fingerprint density at radius 3 is 2.41 bits per heavy atom. The van der Waals surface area contributed by atoms with E-state index in [1.54, 1.807) is 4.31 Å². The standard InChI is InChI=1S/C12H21N2O2S/c15-17(16,14-9-11-8-12(11)10-14)7-3-6-13-4-1-2-5-13/h8,11-12H,1-7,9-10H2/t11-,12+. The predicted molar refractivity (Wildman–Crippen MR) is 66.9 cm³/mol. The molecular formula is C12H21N2O2S. The van der Waals surface area contributed by atoms with Crippen LogP contribution in [0.4, 0.5) is 0 Å². The summed E-state index contributed by atoms with van der Waals surface area (Å²) < 4.78 is 25.8. The van der Waals surface area contributed by atoms with Crippen LogP contribution in [0.3, 0.4) is 0 Å². The molecule has 3 fully saturated rings. The van der Waals surface area contributed by atoms with Crippen molar-refractivity contribution in [1.29, 1.82) is 0 Å². The highest BCUT2D eigenvalue weighted by atomic mass is 32.2. The van der Waals surface area contributed by atoms with Gasteiger partial charge in [-0.2, -0.15) is 0 Å². The van der Waals surface area contributed by atoms with Crippen molar-refractivity contribution in [3.63, 3.8) is 0 Å². The molecule has 2 heterocycles. The molecule has 17 heavy (non-hydrogen) atoms. The second-order valence-electron chi connectivity index (χ2n) is 5.56. The second-order valence-corrected chi connectivity index (χ2v) is 7.64. The van der Waals surface area contributed by atoms with E-state index in [2.05, 4.69) is 11.3 Å². The third kappa shape index (κ3) is 2.66. The van der Waals surface area contributed by atoms with Gasteiger partial charge in [0.05, 0.1) is 5.75 Å². The lowest BCUT2D eigenvalue weighted by molar-refractivity contribution is 0.338. The first-order chi connectivity index (χ1) is 8.15. The van der Waals surface area contributed by atoms with Gasteiger partial charge in [0.25, 0.3) is 0 Å². The van der Waals surface area contributed by atoms with Gasteiger partial charge < -0.3 is 4.90 Å². The van der Waals surface area contributed by atoms with E-state index in [0.717, 1.165) is 39.1 Å². The molecule has 1 saturated carbocycles. The first kappa shape index (κ1) is 11.9. The van der Waals surface area contributed by atoms with Crippen LogP contribution in [-0.2, 0) is 10.0 Å². The van der Waals surface area contributed by atoms with Gasteiger partial charge in [-0.05, 0) is 57.2 Å². The fraction of sp³-hybridized carbons (Fsp3) is 0.917. The zero-order valence-corrected chi connectivity index (χ0v) is 11.0. The molecule has 0 aromatic heterocycles. The molecule has 2 saturated heterocycles. The van der Waals surface area contributed by atoms with E-state index in [1.165, 1.54) is 12.8 Å².